The Bertz CT molecular complexity index is 299. The van der Waals surface area contributed by atoms with E-state index in [2.05, 4.69) is 10.3 Å². The van der Waals surface area contributed by atoms with Gasteiger partial charge in [-0.05, 0) is 31.4 Å². The van der Waals surface area contributed by atoms with Gasteiger partial charge in [-0.15, -0.1) is 0 Å². The van der Waals surface area contributed by atoms with Crippen LogP contribution in [-0.2, 0) is 0 Å². The number of hydrogen-bond acceptors (Lipinski definition) is 1. The first kappa shape index (κ1) is 7.40. The molecular formula is C9H12N2O. The summed E-state index contributed by atoms with van der Waals surface area (Å²) < 4.78 is 0. The van der Waals surface area contributed by atoms with Crippen molar-refractivity contribution in [2.24, 2.45) is 0 Å². The predicted octanol–water partition coefficient (Wildman–Crippen LogP) is 1.22. The van der Waals surface area contributed by atoms with E-state index in [1.54, 1.807) is 6.20 Å². The van der Waals surface area contributed by atoms with E-state index in [0.717, 1.165) is 18.4 Å². The van der Waals surface area contributed by atoms with Crippen LogP contribution in [0.2, 0.25) is 0 Å². The van der Waals surface area contributed by atoms with Crippen molar-refractivity contribution in [1.29, 1.82) is 0 Å². The molecule has 64 valence electrons. The third-order valence-corrected chi connectivity index (χ3v) is 2.09. The number of aromatic nitrogens is 1. The molecule has 0 saturated heterocycles. The van der Waals surface area contributed by atoms with Crippen molar-refractivity contribution in [1.82, 2.24) is 10.3 Å². The van der Waals surface area contributed by atoms with Gasteiger partial charge in [0.15, 0.2) is 0 Å². The predicted molar refractivity (Wildman–Crippen MR) is 46.0 cm³/mol. The van der Waals surface area contributed by atoms with E-state index < -0.39 is 0 Å². The molecule has 1 aromatic heterocycles. The van der Waals surface area contributed by atoms with Gasteiger partial charge >= 0.3 is 0 Å². The molecule has 0 aliphatic heterocycles. The zero-order valence-corrected chi connectivity index (χ0v) is 7.05. The van der Waals surface area contributed by atoms with Gasteiger partial charge in [0.25, 0.3) is 5.91 Å². The fourth-order valence-corrected chi connectivity index (χ4v) is 1.18. The molecule has 1 aliphatic carbocycles. The Morgan fingerprint density at radius 2 is 2.42 bits per heavy atom. The van der Waals surface area contributed by atoms with Crippen molar-refractivity contribution in [2.45, 2.75) is 25.8 Å². The van der Waals surface area contributed by atoms with Crippen molar-refractivity contribution in [3.8, 4) is 0 Å². The van der Waals surface area contributed by atoms with Crippen LogP contribution in [0.25, 0.3) is 0 Å². The maximum absolute atomic E-state index is 11.4. The molecule has 1 aromatic rings. The third kappa shape index (κ3) is 1.35. The van der Waals surface area contributed by atoms with Gasteiger partial charge in [-0.1, -0.05) is 0 Å². The van der Waals surface area contributed by atoms with Crippen LogP contribution in [0.3, 0.4) is 0 Å². The minimum atomic E-state index is 0.0278. The maximum atomic E-state index is 11.4. The highest BCUT2D eigenvalue weighted by molar-refractivity contribution is 5.94. The molecule has 12 heavy (non-hydrogen) atoms. The molecule has 3 heteroatoms. The lowest BCUT2D eigenvalue weighted by atomic mass is 10.2. The fourth-order valence-electron chi connectivity index (χ4n) is 1.18. The minimum Gasteiger partial charge on any atom is -0.357 e. The van der Waals surface area contributed by atoms with E-state index in [0.29, 0.717) is 11.7 Å². The Kier molecular flexibility index (Phi) is 1.64. The van der Waals surface area contributed by atoms with Crippen LogP contribution in [0.4, 0.5) is 0 Å². The molecule has 0 spiro atoms. The molecule has 0 bridgehead atoms. The second-order valence-electron chi connectivity index (χ2n) is 3.28. The molecule has 0 aromatic carbocycles. The Hall–Kier alpha value is -1.25. The zero-order valence-electron chi connectivity index (χ0n) is 7.05. The summed E-state index contributed by atoms with van der Waals surface area (Å²) in [5.41, 5.74) is 1.70. The van der Waals surface area contributed by atoms with Crippen LogP contribution in [-0.4, -0.2) is 16.9 Å². The number of carbonyl (C=O) groups excluding carboxylic acids is 1. The summed E-state index contributed by atoms with van der Waals surface area (Å²) in [6.45, 7) is 1.93. The smallest absolute Gasteiger partial charge is 0.268 e. The molecule has 1 saturated carbocycles. The Morgan fingerprint density at radius 1 is 1.67 bits per heavy atom. The molecular weight excluding hydrogens is 152 g/mol. The molecule has 1 aliphatic rings. The standard InChI is InChI=1S/C9H12N2O/c1-6-4-5-10-8(6)9(12)11-7-2-3-7/h4-5,7,10H,2-3H2,1H3,(H,11,12). The maximum Gasteiger partial charge on any atom is 0.268 e. The van der Waals surface area contributed by atoms with Gasteiger partial charge in [0.05, 0.1) is 0 Å². The number of aromatic amines is 1. The van der Waals surface area contributed by atoms with Gasteiger partial charge in [-0.3, -0.25) is 4.79 Å². The molecule has 1 fully saturated rings. The summed E-state index contributed by atoms with van der Waals surface area (Å²) in [5.74, 6) is 0.0278. The molecule has 3 nitrogen and oxygen atoms in total. The van der Waals surface area contributed by atoms with E-state index in [4.69, 9.17) is 0 Å². The first-order valence-corrected chi connectivity index (χ1v) is 4.22. The second-order valence-corrected chi connectivity index (χ2v) is 3.28. The number of nitrogens with one attached hydrogen (secondary N) is 2. The van der Waals surface area contributed by atoms with E-state index in [-0.39, 0.29) is 5.91 Å². The van der Waals surface area contributed by atoms with Gasteiger partial charge < -0.3 is 10.3 Å². The van der Waals surface area contributed by atoms with Crippen LogP contribution in [0, 0.1) is 6.92 Å². The van der Waals surface area contributed by atoms with E-state index in [1.807, 2.05) is 13.0 Å². The highest BCUT2D eigenvalue weighted by Crippen LogP contribution is 2.19. The summed E-state index contributed by atoms with van der Waals surface area (Å²) in [4.78, 5) is 14.4. The van der Waals surface area contributed by atoms with E-state index in [1.165, 1.54) is 0 Å². The summed E-state index contributed by atoms with van der Waals surface area (Å²) in [6, 6.07) is 2.34. The van der Waals surface area contributed by atoms with Crippen molar-refractivity contribution in [3.63, 3.8) is 0 Å². The molecule has 0 radical (unpaired) electrons. The van der Waals surface area contributed by atoms with Crippen LogP contribution >= 0.6 is 0 Å². The number of rotatable bonds is 2. The highest BCUT2D eigenvalue weighted by atomic mass is 16.2. The monoisotopic (exact) mass is 164 g/mol. The first-order chi connectivity index (χ1) is 5.77. The molecule has 0 unspecified atom stereocenters. The summed E-state index contributed by atoms with van der Waals surface area (Å²) >= 11 is 0. The topological polar surface area (TPSA) is 44.9 Å². The lowest BCUT2D eigenvalue weighted by Crippen LogP contribution is -2.26. The SMILES string of the molecule is Cc1cc[nH]c1C(=O)NC1CC1. The first-order valence-electron chi connectivity index (χ1n) is 4.22. The molecule has 0 atom stereocenters. The molecule has 2 N–H and O–H groups in total. The fraction of sp³-hybridized carbons (Fsp3) is 0.444. The number of hydrogen-bond donors (Lipinski definition) is 2. The van der Waals surface area contributed by atoms with E-state index >= 15 is 0 Å². The van der Waals surface area contributed by atoms with Crippen molar-refractivity contribution in [3.05, 3.63) is 23.5 Å². The van der Waals surface area contributed by atoms with Gasteiger partial charge in [-0.25, -0.2) is 0 Å². The number of H-pyrrole nitrogens is 1. The van der Waals surface area contributed by atoms with Gasteiger partial charge in [0, 0.05) is 12.2 Å². The van der Waals surface area contributed by atoms with Crippen molar-refractivity contribution < 1.29 is 4.79 Å². The van der Waals surface area contributed by atoms with Gasteiger partial charge in [0.2, 0.25) is 0 Å². The average molecular weight is 164 g/mol. The Balaban J connectivity index is 2.07. The molecule has 1 heterocycles. The molecule has 2 rings (SSSR count). The van der Waals surface area contributed by atoms with Crippen LogP contribution in [0.1, 0.15) is 28.9 Å². The number of amides is 1. The molecule has 1 amide bonds. The average Bonchev–Trinajstić information content (AvgIpc) is 2.72. The van der Waals surface area contributed by atoms with Crippen LogP contribution in [0.5, 0.6) is 0 Å². The third-order valence-electron chi connectivity index (χ3n) is 2.09. The number of aryl methyl sites for hydroxylation is 1. The lowest BCUT2D eigenvalue weighted by Gasteiger charge is -2.01. The largest absolute Gasteiger partial charge is 0.357 e. The van der Waals surface area contributed by atoms with Gasteiger partial charge in [-0.2, -0.15) is 0 Å². The zero-order chi connectivity index (χ0) is 8.55. The number of carbonyl (C=O) groups is 1. The van der Waals surface area contributed by atoms with Crippen LogP contribution < -0.4 is 5.32 Å². The minimum absolute atomic E-state index is 0.0278. The lowest BCUT2D eigenvalue weighted by molar-refractivity contribution is 0.0946. The summed E-state index contributed by atoms with van der Waals surface area (Å²) in [5, 5.41) is 2.93. The van der Waals surface area contributed by atoms with Crippen molar-refractivity contribution in [2.75, 3.05) is 0 Å². The van der Waals surface area contributed by atoms with Crippen LogP contribution in [0.15, 0.2) is 12.3 Å². The normalized spacial score (nSPS) is 16.1. The quantitative estimate of drug-likeness (QED) is 0.678. The van der Waals surface area contributed by atoms with E-state index in [9.17, 15) is 4.79 Å². The van der Waals surface area contributed by atoms with Crippen molar-refractivity contribution >= 4 is 5.91 Å². The summed E-state index contributed by atoms with van der Waals surface area (Å²) in [6.07, 6.45) is 4.05. The second kappa shape index (κ2) is 2.66. The highest BCUT2D eigenvalue weighted by Gasteiger charge is 2.24. The van der Waals surface area contributed by atoms with Gasteiger partial charge in [0.1, 0.15) is 5.69 Å². The Morgan fingerprint density at radius 3 is 2.92 bits per heavy atom. The Labute approximate surface area is 71.2 Å². The summed E-state index contributed by atoms with van der Waals surface area (Å²) in [7, 11) is 0.